The minimum atomic E-state index is -4.73. The molecule has 32 heavy (non-hydrogen) atoms. The molecule has 1 aromatic heterocycles. The van der Waals surface area contributed by atoms with Crippen molar-refractivity contribution in [3.63, 3.8) is 0 Å². The molecule has 11 heteroatoms. The van der Waals surface area contributed by atoms with Gasteiger partial charge in [-0.15, -0.1) is 23.4 Å². The molecule has 2 heterocycles. The molecule has 0 bridgehead atoms. The number of aryl methyl sites for hydroxylation is 1. The number of carbonyl (C=O) groups is 1. The van der Waals surface area contributed by atoms with E-state index in [-0.39, 0.29) is 29.0 Å². The van der Waals surface area contributed by atoms with Crippen molar-refractivity contribution in [2.75, 3.05) is 11.4 Å². The van der Waals surface area contributed by atoms with Gasteiger partial charge in [0, 0.05) is 18.8 Å². The Hall–Kier alpha value is -3.21. The van der Waals surface area contributed by atoms with Crippen LogP contribution in [-0.2, 0) is 19.5 Å². The van der Waals surface area contributed by atoms with Gasteiger partial charge in [0.1, 0.15) is 16.6 Å². The quantitative estimate of drug-likeness (QED) is 0.544. The number of rotatable bonds is 6. The second kappa shape index (κ2) is 9.11. The number of halogens is 4. The lowest BCUT2D eigenvalue weighted by Crippen LogP contribution is -2.29. The first-order chi connectivity index (χ1) is 15.3. The fourth-order valence-electron chi connectivity index (χ4n) is 3.45. The van der Waals surface area contributed by atoms with E-state index in [1.165, 1.54) is 24.3 Å². The smallest absolute Gasteiger partial charge is 0.406 e. The number of carbonyl (C=O) groups excluding carboxylic acids is 1. The van der Waals surface area contributed by atoms with E-state index < -0.39 is 6.36 Å². The van der Waals surface area contributed by atoms with Gasteiger partial charge in [0.05, 0.1) is 6.54 Å². The van der Waals surface area contributed by atoms with Crippen molar-refractivity contribution in [3.05, 3.63) is 69.4 Å². The van der Waals surface area contributed by atoms with Gasteiger partial charge in [0.25, 0.3) is 5.91 Å². The standard InChI is InChI=1S/C21H18F4N4O2S/c22-15-5-3-13(4-6-15)11-26-19(30)20-28-27-18(32-20)12-29-9-1-2-14-10-16(7-8-17(14)29)31-21(23,24)25/h3-8,10H,1-2,9,11-12H2,(H,26,30). The molecule has 0 aliphatic carbocycles. The van der Waals surface area contributed by atoms with E-state index in [0.29, 0.717) is 24.5 Å². The second-order valence-corrected chi connectivity index (χ2v) is 8.24. The van der Waals surface area contributed by atoms with Crippen LogP contribution in [0.1, 0.15) is 32.4 Å². The molecule has 168 valence electrons. The van der Waals surface area contributed by atoms with Crippen molar-refractivity contribution in [2.45, 2.75) is 32.3 Å². The van der Waals surface area contributed by atoms with Gasteiger partial charge in [0.2, 0.25) is 5.01 Å². The highest BCUT2D eigenvalue weighted by atomic mass is 32.1. The first kappa shape index (κ1) is 22.0. The average Bonchev–Trinajstić information content (AvgIpc) is 3.21. The van der Waals surface area contributed by atoms with Crippen LogP contribution >= 0.6 is 11.3 Å². The SMILES string of the molecule is O=C(NCc1ccc(F)cc1)c1nnc(CN2CCCc3cc(OC(F)(F)F)ccc32)s1. The number of alkyl halides is 3. The molecule has 0 saturated carbocycles. The Morgan fingerprint density at radius 2 is 1.94 bits per heavy atom. The van der Waals surface area contributed by atoms with E-state index >= 15 is 0 Å². The van der Waals surface area contributed by atoms with E-state index in [2.05, 4.69) is 20.3 Å². The summed E-state index contributed by atoms with van der Waals surface area (Å²) in [5.74, 6) is -0.975. The molecular formula is C21H18F4N4O2S. The Morgan fingerprint density at radius 3 is 2.69 bits per heavy atom. The van der Waals surface area contributed by atoms with Crippen LogP contribution in [0.3, 0.4) is 0 Å². The van der Waals surface area contributed by atoms with E-state index in [0.717, 1.165) is 34.6 Å². The molecule has 0 radical (unpaired) electrons. The molecule has 0 atom stereocenters. The highest BCUT2D eigenvalue weighted by Crippen LogP contribution is 2.33. The molecule has 2 aromatic carbocycles. The molecule has 3 aromatic rings. The minimum absolute atomic E-state index is 0.202. The molecule has 4 rings (SSSR count). The van der Waals surface area contributed by atoms with Crippen LogP contribution in [0.5, 0.6) is 5.75 Å². The maximum absolute atomic E-state index is 13.0. The summed E-state index contributed by atoms with van der Waals surface area (Å²) in [6, 6.07) is 10.1. The summed E-state index contributed by atoms with van der Waals surface area (Å²) in [7, 11) is 0. The summed E-state index contributed by atoms with van der Waals surface area (Å²) in [6.45, 7) is 1.32. The molecule has 1 N–H and O–H groups in total. The average molecular weight is 466 g/mol. The zero-order valence-electron chi connectivity index (χ0n) is 16.7. The van der Waals surface area contributed by atoms with Crippen molar-refractivity contribution in [2.24, 2.45) is 0 Å². The molecule has 0 spiro atoms. The molecule has 0 saturated heterocycles. The highest BCUT2D eigenvalue weighted by Gasteiger charge is 2.31. The third-order valence-corrected chi connectivity index (χ3v) is 5.76. The van der Waals surface area contributed by atoms with E-state index in [9.17, 15) is 22.4 Å². The van der Waals surface area contributed by atoms with Gasteiger partial charge in [-0.1, -0.05) is 23.5 Å². The number of hydrogen-bond acceptors (Lipinski definition) is 6. The van der Waals surface area contributed by atoms with Crippen molar-refractivity contribution in [3.8, 4) is 5.75 Å². The van der Waals surface area contributed by atoms with Crippen molar-refractivity contribution < 1.29 is 27.1 Å². The monoisotopic (exact) mass is 466 g/mol. The Kier molecular flexibility index (Phi) is 6.26. The number of ether oxygens (including phenoxy) is 1. The van der Waals surface area contributed by atoms with Gasteiger partial charge in [-0.25, -0.2) is 4.39 Å². The van der Waals surface area contributed by atoms with E-state index in [1.54, 1.807) is 18.2 Å². The third-order valence-electron chi connectivity index (χ3n) is 4.85. The van der Waals surface area contributed by atoms with Gasteiger partial charge in [-0.2, -0.15) is 0 Å². The van der Waals surface area contributed by atoms with Crippen LogP contribution in [0.15, 0.2) is 42.5 Å². The predicted octanol–water partition coefficient (Wildman–Crippen LogP) is 4.46. The largest absolute Gasteiger partial charge is 0.573 e. The Labute approximate surface area is 184 Å². The first-order valence-corrected chi connectivity index (χ1v) is 10.6. The number of fused-ring (bicyclic) bond motifs is 1. The van der Waals surface area contributed by atoms with Gasteiger partial charge >= 0.3 is 6.36 Å². The summed E-state index contributed by atoms with van der Waals surface area (Å²) in [4.78, 5) is 14.3. The minimum Gasteiger partial charge on any atom is -0.406 e. The maximum atomic E-state index is 13.0. The van der Waals surface area contributed by atoms with Crippen LogP contribution in [0.2, 0.25) is 0 Å². The van der Waals surface area contributed by atoms with Crippen molar-refractivity contribution >= 4 is 22.9 Å². The number of nitrogens with zero attached hydrogens (tertiary/aromatic N) is 3. The fourth-order valence-corrected chi connectivity index (χ4v) is 4.22. The van der Waals surface area contributed by atoms with Crippen molar-refractivity contribution in [1.82, 2.24) is 15.5 Å². The Morgan fingerprint density at radius 1 is 1.16 bits per heavy atom. The van der Waals surface area contributed by atoms with Gasteiger partial charge < -0.3 is 15.0 Å². The number of amides is 1. The molecule has 0 unspecified atom stereocenters. The second-order valence-electron chi connectivity index (χ2n) is 7.17. The zero-order chi connectivity index (χ0) is 22.7. The van der Waals surface area contributed by atoms with Crippen LogP contribution in [0.4, 0.5) is 23.2 Å². The lowest BCUT2D eigenvalue weighted by molar-refractivity contribution is -0.274. The highest BCUT2D eigenvalue weighted by molar-refractivity contribution is 7.13. The molecule has 1 amide bonds. The van der Waals surface area contributed by atoms with Crippen LogP contribution in [-0.4, -0.2) is 29.0 Å². The number of benzene rings is 2. The Balaban J connectivity index is 1.39. The lowest BCUT2D eigenvalue weighted by Gasteiger charge is -2.30. The summed E-state index contributed by atoms with van der Waals surface area (Å²) in [5.41, 5.74) is 2.33. The van der Waals surface area contributed by atoms with Gasteiger partial charge in [-0.3, -0.25) is 4.79 Å². The van der Waals surface area contributed by atoms with Crippen molar-refractivity contribution in [1.29, 1.82) is 0 Å². The topological polar surface area (TPSA) is 67.4 Å². The number of hydrogen-bond donors (Lipinski definition) is 1. The predicted molar refractivity (Wildman–Crippen MR) is 110 cm³/mol. The molecular weight excluding hydrogens is 448 g/mol. The maximum Gasteiger partial charge on any atom is 0.573 e. The van der Waals surface area contributed by atoms with Crippen LogP contribution in [0.25, 0.3) is 0 Å². The third kappa shape index (κ3) is 5.52. The normalized spacial score (nSPS) is 13.6. The lowest BCUT2D eigenvalue weighted by atomic mass is 10.0. The Bertz CT molecular complexity index is 1100. The van der Waals surface area contributed by atoms with E-state index in [1.807, 2.05) is 4.90 Å². The number of anilines is 1. The van der Waals surface area contributed by atoms with Gasteiger partial charge in [-0.05, 0) is 54.3 Å². The molecule has 0 fully saturated rings. The van der Waals surface area contributed by atoms with Gasteiger partial charge in [0.15, 0.2) is 0 Å². The first-order valence-electron chi connectivity index (χ1n) is 9.75. The summed E-state index contributed by atoms with van der Waals surface area (Å²) >= 11 is 1.15. The summed E-state index contributed by atoms with van der Waals surface area (Å²) in [5, 5.41) is 11.6. The van der Waals surface area contributed by atoms with Crippen LogP contribution in [0, 0.1) is 5.82 Å². The molecule has 6 nitrogen and oxygen atoms in total. The zero-order valence-corrected chi connectivity index (χ0v) is 17.5. The fraction of sp³-hybridized carbons (Fsp3) is 0.286. The van der Waals surface area contributed by atoms with Crippen LogP contribution < -0.4 is 15.0 Å². The number of aromatic nitrogens is 2. The summed E-state index contributed by atoms with van der Waals surface area (Å²) in [6.07, 6.45) is -3.32. The molecule has 1 aliphatic heterocycles. The number of nitrogens with one attached hydrogen (secondary N) is 1. The molecule has 1 aliphatic rings. The van der Waals surface area contributed by atoms with E-state index in [4.69, 9.17) is 0 Å². The summed E-state index contributed by atoms with van der Waals surface area (Å²) < 4.78 is 54.4.